The van der Waals surface area contributed by atoms with Gasteiger partial charge in [0.1, 0.15) is 10.9 Å². The molecule has 3 N–H and O–H groups in total. The van der Waals surface area contributed by atoms with Crippen LogP contribution in [0, 0.1) is 5.41 Å². The van der Waals surface area contributed by atoms with Crippen molar-refractivity contribution in [3.8, 4) is 0 Å². The quantitative estimate of drug-likeness (QED) is 0.202. The third-order valence-corrected chi connectivity index (χ3v) is 7.91. The Balaban J connectivity index is 1.86. The number of ether oxygens (including phenoxy) is 1. The van der Waals surface area contributed by atoms with E-state index in [2.05, 4.69) is 15.5 Å². The lowest BCUT2D eigenvalue weighted by Crippen LogP contribution is -2.38. The second-order valence-corrected chi connectivity index (χ2v) is 11.1. The molecule has 188 valence electrons. The first-order chi connectivity index (χ1) is 16.7. The van der Waals surface area contributed by atoms with Crippen molar-refractivity contribution in [3.63, 3.8) is 0 Å². The maximum Gasteiger partial charge on any atom is 0.215 e. The molecular formula is C26H34ClN5O2S. The highest BCUT2D eigenvalue weighted by molar-refractivity contribution is 7.92. The summed E-state index contributed by atoms with van der Waals surface area (Å²) >= 11 is 5.34. The Morgan fingerprint density at radius 2 is 1.91 bits per heavy atom. The second-order valence-electron chi connectivity index (χ2n) is 8.72. The first-order valence-electron chi connectivity index (χ1n) is 11.5. The van der Waals surface area contributed by atoms with Crippen LogP contribution in [0.3, 0.4) is 0 Å². The van der Waals surface area contributed by atoms with Crippen molar-refractivity contribution in [1.29, 1.82) is 5.41 Å². The highest BCUT2D eigenvalue weighted by Crippen LogP contribution is 2.28. The molecule has 0 fully saturated rings. The number of halogens is 1. The fourth-order valence-electron chi connectivity index (χ4n) is 3.72. The number of nitrogens with zero attached hydrogens (tertiary/aromatic N) is 2. The highest BCUT2D eigenvalue weighted by Gasteiger charge is 2.27. The minimum absolute atomic E-state index is 0.0166. The summed E-state index contributed by atoms with van der Waals surface area (Å²) in [7, 11) is 5.68. The number of hydrogen-bond donors (Lipinski definition) is 3. The summed E-state index contributed by atoms with van der Waals surface area (Å²) in [5.41, 5.74) is 5.16. The Kier molecular flexibility index (Phi) is 9.38. The number of rotatable bonds is 9. The molecule has 0 aromatic heterocycles. The van der Waals surface area contributed by atoms with E-state index in [1.165, 1.54) is 0 Å². The number of aliphatic imine (C=N–C) groups is 1. The fraction of sp³-hybridized carbons (Fsp3) is 0.385. The molecule has 0 radical (unpaired) electrons. The van der Waals surface area contributed by atoms with Crippen LogP contribution in [0.5, 0.6) is 0 Å². The van der Waals surface area contributed by atoms with Crippen LogP contribution in [0.1, 0.15) is 37.5 Å². The van der Waals surface area contributed by atoms with E-state index >= 15 is 0 Å². The van der Waals surface area contributed by atoms with E-state index in [1.54, 1.807) is 7.05 Å². The Morgan fingerprint density at radius 1 is 1.23 bits per heavy atom. The Labute approximate surface area is 216 Å². The van der Waals surface area contributed by atoms with E-state index < -0.39 is 17.4 Å². The third kappa shape index (κ3) is 6.45. The van der Waals surface area contributed by atoms with E-state index in [0.29, 0.717) is 27.7 Å². The first kappa shape index (κ1) is 27.2. The Morgan fingerprint density at radius 3 is 2.49 bits per heavy atom. The number of nitrogens with one attached hydrogen (secondary N) is 3. The summed E-state index contributed by atoms with van der Waals surface area (Å²) in [5, 5.41) is 15.2. The van der Waals surface area contributed by atoms with Crippen molar-refractivity contribution in [2.24, 2.45) is 4.99 Å². The summed E-state index contributed by atoms with van der Waals surface area (Å²) in [6.07, 6.45) is -0.611. The predicted octanol–water partition coefficient (Wildman–Crippen LogP) is 4.13. The van der Waals surface area contributed by atoms with Gasteiger partial charge in [0.25, 0.3) is 0 Å². The molecule has 1 aliphatic rings. The molecule has 3 rings (SSSR count). The maximum absolute atomic E-state index is 12.5. The average molecular weight is 516 g/mol. The molecule has 2 atom stereocenters. The molecule has 2 aromatic carbocycles. The molecule has 2 unspecified atom stereocenters. The molecule has 1 aliphatic heterocycles. The van der Waals surface area contributed by atoms with E-state index in [4.69, 9.17) is 26.7 Å². The van der Waals surface area contributed by atoms with Crippen molar-refractivity contribution in [2.75, 3.05) is 27.7 Å². The molecule has 0 saturated carbocycles. The molecule has 0 bridgehead atoms. The SMILES string of the molecule is CNCc1ccc(C(=N)OC(NC)C2=C(C)N(C)CC(c3ccc([S+]([O-])C(C)C)c(Cl)c3)=N2)cc1. The zero-order chi connectivity index (χ0) is 25.7. The Bertz CT molecular complexity index is 1120. The summed E-state index contributed by atoms with van der Waals surface area (Å²) in [4.78, 5) is 7.64. The first-order valence-corrected chi connectivity index (χ1v) is 13.1. The topological polar surface area (TPSA) is 95.8 Å². The molecular weight excluding hydrogens is 482 g/mol. The van der Waals surface area contributed by atoms with Crippen LogP contribution < -0.4 is 10.6 Å². The van der Waals surface area contributed by atoms with E-state index in [1.807, 2.05) is 77.3 Å². The third-order valence-electron chi connectivity index (χ3n) is 5.84. The molecule has 0 amide bonds. The number of hydrogen-bond acceptors (Lipinski definition) is 7. The summed E-state index contributed by atoms with van der Waals surface area (Å²) in [6.45, 7) is 7.17. The van der Waals surface area contributed by atoms with Gasteiger partial charge < -0.3 is 19.5 Å². The zero-order valence-electron chi connectivity index (χ0n) is 21.1. The summed E-state index contributed by atoms with van der Waals surface area (Å²) in [6, 6.07) is 13.3. The van der Waals surface area contributed by atoms with Gasteiger partial charge in [0, 0.05) is 24.9 Å². The van der Waals surface area contributed by atoms with Crippen LogP contribution in [0.25, 0.3) is 0 Å². The van der Waals surface area contributed by atoms with Gasteiger partial charge in [0.05, 0.1) is 17.3 Å². The highest BCUT2D eigenvalue weighted by atomic mass is 35.5. The largest absolute Gasteiger partial charge is 0.611 e. The number of allylic oxidation sites excluding steroid dienone is 1. The molecule has 0 saturated heterocycles. The van der Waals surface area contributed by atoms with Gasteiger partial charge in [0.15, 0.2) is 11.1 Å². The normalized spacial score (nSPS) is 15.8. The van der Waals surface area contributed by atoms with E-state index in [-0.39, 0.29) is 11.1 Å². The summed E-state index contributed by atoms with van der Waals surface area (Å²) in [5.74, 6) is 0.0641. The molecule has 2 aromatic rings. The van der Waals surface area contributed by atoms with Gasteiger partial charge in [0.2, 0.25) is 5.90 Å². The van der Waals surface area contributed by atoms with Gasteiger partial charge in [-0.3, -0.25) is 10.7 Å². The van der Waals surface area contributed by atoms with Gasteiger partial charge in [-0.05, 0) is 87.5 Å². The lowest BCUT2D eigenvalue weighted by atomic mass is 10.1. The van der Waals surface area contributed by atoms with Crippen LogP contribution >= 0.6 is 11.6 Å². The number of benzene rings is 2. The van der Waals surface area contributed by atoms with Crippen LogP contribution in [-0.4, -0.2) is 60.2 Å². The molecule has 0 aliphatic carbocycles. The van der Waals surface area contributed by atoms with Crippen molar-refractivity contribution in [1.82, 2.24) is 15.5 Å². The van der Waals surface area contributed by atoms with Gasteiger partial charge >= 0.3 is 0 Å². The minimum Gasteiger partial charge on any atom is -0.611 e. The Hall–Kier alpha value is -2.36. The summed E-state index contributed by atoms with van der Waals surface area (Å²) < 4.78 is 18.6. The van der Waals surface area contributed by atoms with Gasteiger partial charge in [-0.1, -0.05) is 23.7 Å². The molecule has 0 spiro atoms. The van der Waals surface area contributed by atoms with Crippen molar-refractivity contribution >= 4 is 34.4 Å². The van der Waals surface area contributed by atoms with Gasteiger partial charge in [-0.2, -0.15) is 0 Å². The van der Waals surface area contributed by atoms with Crippen LogP contribution in [0.15, 0.2) is 63.7 Å². The van der Waals surface area contributed by atoms with Crippen molar-refractivity contribution < 1.29 is 9.29 Å². The molecule has 1 heterocycles. The minimum atomic E-state index is -1.16. The monoisotopic (exact) mass is 515 g/mol. The van der Waals surface area contributed by atoms with E-state index in [0.717, 1.165) is 29.1 Å². The molecule has 35 heavy (non-hydrogen) atoms. The van der Waals surface area contributed by atoms with Gasteiger partial charge in [-0.15, -0.1) is 0 Å². The predicted molar refractivity (Wildman–Crippen MR) is 145 cm³/mol. The van der Waals surface area contributed by atoms with Crippen molar-refractivity contribution in [3.05, 3.63) is 75.6 Å². The standard InChI is InChI=1S/C26H34ClN5O2S/c1-16(2)35(33)23-12-11-20(13-21(23)27)22-15-32(6)17(3)24(31-22)26(30-5)34-25(28)19-9-7-18(8-10-19)14-29-4/h7-13,16,26,28-30H,14-15H2,1-6H3. The van der Waals surface area contributed by atoms with Crippen LogP contribution in [-0.2, 0) is 22.5 Å². The maximum atomic E-state index is 12.5. The van der Waals surface area contributed by atoms with Crippen LogP contribution in [0.4, 0.5) is 0 Å². The lowest BCUT2D eigenvalue weighted by Gasteiger charge is -2.31. The second kappa shape index (κ2) is 12.1. The lowest BCUT2D eigenvalue weighted by molar-refractivity contribution is 0.188. The average Bonchev–Trinajstić information content (AvgIpc) is 2.84. The van der Waals surface area contributed by atoms with E-state index in [9.17, 15) is 4.55 Å². The molecule has 7 nitrogen and oxygen atoms in total. The van der Waals surface area contributed by atoms with Gasteiger partial charge in [-0.25, -0.2) is 4.99 Å². The fourth-order valence-corrected chi connectivity index (χ4v) is 5.09. The zero-order valence-corrected chi connectivity index (χ0v) is 22.7. The smallest absolute Gasteiger partial charge is 0.215 e. The van der Waals surface area contributed by atoms with Crippen molar-refractivity contribution in [2.45, 2.75) is 43.7 Å². The number of likely N-dealkylation sites (N-methyl/N-ethyl adjacent to an activating group) is 2. The van der Waals surface area contributed by atoms with Crippen LogP contribution in [0.2, 0.25) is 5.02 Å². The molecule has 9 heteroatoms.